The number of nitrogens with zero attached hydrogens (tertiary/aromatic N) is 1. The Morgan fingerprint density at radius 2 is 2.33 bits per heavy atom. The van der Waals surface area contributed by atoms with E-state index >= 15 is 0 Å². The molecule has 3 nitrogen and oxygen atoms in total. The summed E-state index contributed by atoms with van der Waals surface area (Å²) in [7, 11) is 0. The first-order valence-electron chi connectivity index (χ1n) is 6.37. The molecule has 2 rings (SSSR count). The highest BCUT2D eigenvalue weighted by molar-refractivity contribution is 9.10. The lowest BCUT2D eigenvalue weighted by Crippen LogP contribution is -2.28. The Morgan fingerprint density at radius 1 is 1.56 bits per heavy atom. The minimum atomic E-state index is -0.880. The number of hydrogen-bond acceptors (Lipinski definition) is 2. The summed E-state index contributed by atoms with van der Waals surface area (Å²) in [6, 6.07) is 5.96. The monoisotopic (exact) mass is 311 g/mol. The third kappa shape index (κ3) is 2.93. The van der Waals surface area contributed by atoms with E-state index in [0.717, 1.165) is 17.6 Å². The Hall–Kier alpha value is -0.870. The maximum atomic E-state index is 10.9. The molecule has 1 atom stereocenters. The molecule has 18 heavy (non-hydrogen) atoms. The molecule has 1 N–H and O–H groups in total. The van der Waals surface area contributed by atoms with Gasteiger partial charge < -0.3 is 5.11 Å². The molecule has 0 aromatic heterocycles. The Balaban J connectivity index is 2.12. The lowest BCUT2D eigenvalue weighted by Gasteiger charge is -2.23. The van der Waals surface area contributed by atoms with E-state index in [-0.39, 0.29) is 0 Å². The molecule has 1 aliphatic heterocycles. The molecule has 1 aromatic rings. The largest absolute Gasteiger partial charge is 0.478 e. The van der Waals surface area contributed by atoms with Crippen LogP contribution in [0.1, 0.15) is 42.1 Å². The topological polar surface area (TPSA) is 40.5 Å². The second kappa shape index (κ2) is 5.85. The van der Waals surface area contributed by atoms with Crippen LogP contribution >= 0.6 is 15.9 Å². The molecule has 1 fully saturated rings. The number of carbonyl (C=O) groups is 1. The average Bonchev–Trinajstić information content (AvgIpc) is 2.78. The van der Waals surface area contributed by atoms with Crippen molar-refractivity contribution in [1.29, 1.82) is 0 Å². The smallest absolute Gasteiger partial charge is 0.335 e. The van der Waals surface area contributed by atoms with Gasteiger partial charge in [0, 0.05) is 17.1 Å². The highest BCUT2D eigenvalue weighted by atomic mass is 79.9. The van der Waals surface area contributed by atoms with Gasteiger partial charge in [-0.2, -0.15) is 0 Å². The van der Waals surface area contributed by atoms with Crippen LogP contribution < -0.4 is 0 Å². The summed E-state index contributed by atoms with van der Waals surface area (Å²) < 4.78 is 0.893. The van der Waals surface area contributed by atoms with Crippen LogP contribution in [-0.2, 0) is 6.54 Å². The van der Waals surface area contributed by atoms with E-state index in [0.29, 0.717) is 11.6 Å². The van der Waals surface area contributed by atoms with Crippen molar-refractivity contribution in [3.8, 4) is 0 Å². The molecular weight excluding hydrogens is 294 g/mol. The van der Waals surface area contributed by atoms with Crippen LogP contribution in [0.4, 0.5) is 0 Å². The summed E-state index contributed by atoms with van der Waals surface area (Å²) in [4.78, 5) is 13.4. The highest BCUT2D eigenvalue weighted by Crippen LogP contribution is 2.26. The molecule has 1 saturated heterocycles. The summed E-state index contributed by atoms with van der Waals surface area (Å²) in [5.41, 5.74) is 1.50. The number of likely N-dealkylation sites (tertiary alicyclic amines) is 1. The SMILES string of the molecule is CCC1CCCN1Cc1ccc(C(=O)O)cc1Br. The molecule has 0 bridgehead atoms. The van der Waals surface area contributed by atoms with Crippen LogP contribution in [-0.4, -0.2) is 28.6 Å². The van der Waals surface area contributed by atoms with Gasteiger partial charge in [-0.25, -0.2) is 4.79 Å². The van der Waals surface area contributed by atoms with Gasteiger partial charge in [-0.05, 0) is 43.5 Å². The average molecular weight is 312 g/mol. The standard InChI is InChI=1S/C14H18BrNO2/c1-2-12-4-3-7-16(12)9-11-6-5-10(14(17)18)8-13(11)15/h5-6,8,12H,2-4,7,9H2,1H3,(H,17,18). The molecule has 0 saturated carbocycles. The van der Waals surface area contributed by atoms with Gasteiger partial charge in [0.25, 0.3) is 0 Å². The minimum absolute atomic E-state index is 0.332. The third-order valence-corrected chi connectivity index (χ3v) is 4.38. The number of hydrogen-bond donors (Lipinski definition) is 1. The second-order valence-electron chi connectivity index (χ2n) is 4.79. The predicted molar refractivity (Wildman–Crippen MR) is 74.8 cm³/mol. The van der Waals surface area contributed by atoms with Crippen molar-refractivity contribution in [1.82, 2.24) is 4.90 Å². The molecular formula is C14H18BrNO2. The zero-order chi connectivity index (χ0) is 13.1. The second-order valence-corrected chi connectivity index (χ2v) is 5.64. The van der Waals surface area contributed by atoms with E-state index in [1.165, 1.54) is 24.8 Å². The molecule has 1 unspecified atom stereocenters. The zero-order valence-corrected chi connectivity index (χ0v) is 12.1. The van der Waals surface area contributed by atoms with Gasteiger partial charge in [-0.3, -0.25) is 4.90 Å². The van der Waals surface area contributed by atoms with Crippen LogP contribution in [0.15, 0.2) is 22.7 Å². The van der Waals surface area contributed by atoms with Crippen molar-refractivity contribution < 1.29 is 9.90 Å². The summed E-state index contributed by atoms with van der Waals surface area (Å²) in [6.07, 6.45) is 3.73. The van der Waals surface area contributed by atoms with E-state index in [2.05, 4.69) is 27.8 Å². The van der Waals surface area contributed by atoms with E-state index in [9.17, 15) is 4.79 Å². The Kier molecular flexibility index (Phi) is 4.40. The molecule has 1 aromatic carbocycles. The molecule has 0 amide bonds. The number of benzene rings is 1. The van der Waals surface area contributed by atoms with E-state index in [1.54, 1.807) is 12.1 Å². The highest BCUT2D eigenvalue weighted by Gasteiger charge is 2.23. The lowest BCUT2D eigenvalue weighted by atomic mass is 10.1. The summed E-state index contributed by atoms with van der Waals surface area (Å²) in [5, 5.41) is 8.93. The van der Waals surface area contributed by atoms with Gasteiger partial charge in [0.2, 0.25) is 0 Å². The quantitative estimate of drug-likeness (QED) is 0.925. The first-order chi connectivity index (χ1) is 8.61. The molecule has 0 radical (unpaired) electrons. The molecule has 0 aliphatic carbocycles. The van der Waals surface area contributed by atoms with Crippen LogP contribution in [0, 0.1) is 0 Å². The van der Waals surface area contributed by atoms with Gasteiger partial charge in [0.15, 0.2) is 0 Å². The number of halogens is 1. The van der Waals surface area contributed by atoms with Gasteiger partial charge in [0.05, 0.1) is 5.56 Å². The summed E-state index contributed by atoms with van der Waals surface area (Å²) >= 11 is 3.47. The first-order valence-corrected chi connectivity index (χ1v) is 7.17. The molecule has 0 spiro atoms. The van der Waals surface area contributed by atoms with Crippen molar-refractivity contribution in [2.45, 2.75) is 38.8 Å². The molecule has 1 aliphatic rings. The van der Waals surface area contributed by atoms with Gasteiger partial charge in [-0.1, -0.05) is 28.9 Å². The van der Waals surface area contributed by atoms with Crippen LogP contribution in [0.25, 0.3) is 0 Å². The van der Waals surface area contributed by atoms with E-state index in [1.807, 2.05) is 6.07 Å². The number of carboxylic acids is 1. The van der Waals surface area contributed by atoms with Gasteiger partial charge in [0.1, 0.15) is 0 Å². The fourth-order valence-corrected chi connectivity index (χ4v) is 3.10. The molecule has 98 valence electrons. The Bertz CT molecular complexity index is 447. The predicted octanol–water partition coefficient (Wildman–Crippen LogP) is 3.52. The normalized spacial score (nSPS) is 20.2. The maximum absolute atomic E-state index is 10.9. The number of rotatable bonds is 4. The molecule has 1 heterocycles. The van der Waals surface area contributed by atoms with E-state index < -0.39 is 5.97 Å². The fraction of sp³-hybridized carbons (Fsp3) is 0.500. The first kappa shape index (κ1) is 13.6. The lowest BCUT2D eigenvalue weighted by molar-refractivity contribution is 0.0697. The van der Waals surface area contributed by atoms with Crippen molar-refractivity contribution in [2.24, 2.45) is 0 Å². The number of aromatic carboxylic acids is 1. The van der Waals surface area contributed by atoms with Gasteiger partial charge in [-0.15, -0.1) is 0 Å². The van der Waals surface area contributed by atoms with Crippen molar-refractivity contribution in [2.75, 3.05) is 6.54 Å². The van der Waals surface area contributed by atoms with Crippen molar-refractivity contribution in [3.63, 3.8) is 0 Å². The van der Waals surface area contributed by atoms with Crippen LogP contribution in [0.2, 0.25) is 0 Å². The van der Waals surface area contributed by atoms with Crippen LogP contribution in [0.5, 0.6) is 0 Å². The minimum Gasteiger partial charge on any atom is -0.478 e. The van der Waals surface area contributed by atoms with Gasteiger partial charge >= 0.3 is 5.97 Å². The Labute approximate surface area is 116 Å². The Morgan fingerprint density at radius 3 is 2.94 bits per heavy atom. The van der Waals surface area contributed by atoms with Crippen molar-refractivity contribution in [3.05, 3.63) is 33.8 Å². The van der Waals surface area contributed by atoms with Crippen LogP contribution in [0.3, 0.4) is 0 Å². The van der Waals surface area contributed by atoms with E-state index in [4.69, 9.17) is 5.11 Å². The molecule has 4 heteroatoms. The zero-order valence-electron chi connectivity index (χ0n) is 10.5. The summed E-state index contributed by atoms with van der Waals surface area (Å²) in [6.45, 7) is 4.27. The third-order valence-electron chi connectivity index (χ3n) is 3.64. The fourth-order valence-electron chi connectivity index (χ4n) is 2.59. The number of carboxylic acid groups (broad SMARTS) is 1. The maximum Gasteiger partial charge on any atom is 0.335 e. The van der Waals surface area contributed by atoms with Crippen molar-refractivity contribution >= 4 is 21.9 Å². The summed E-state index contributed by atoms with van der Waals surface area (Å²) in [5.74, 6) is -0.880.